The molecule has 0 bridgehead atoms. The Bertz CT molecular complexity index is 793. The summed E-state index contributed by atoms with van der Waals surface area (Å²) < 4.78 is 40.4. The minimum atomic E-state index is -4.32. The van der Waals surface area contributed by atoms with E-state index in [0.717, 1.165) is 31.7 Å². The number of thioether (sulfide) groups is 1. The molecule has 1 saturated carbocycles. The van der Waals surface area contributed by atoms with E-state index < -0.39 is 5.51 Å². The average Bonchev–Trinajstić information content (AvgIpc) is 3.09. The molecule has 0 amide bonds. The molecule has 0 spiro atoms. The third-order valence-electron chi connectivity index (χ3n) is 4.87. The van der Waals surface area contributed by atoms with Crippen LogP contribution in [-0.4, -0.2) is 45.7 Å². The smallest absolute Gasteiger partial charge is 0.364 e. The molecule has 0 aromatic carbocycles. The second kappa shape index (κ2) is 5.66. The fourth-order valence-corrected chi connectivity index (χ4v) is 5.02. The molecule has 1 aliphatic carbocycles. The zero-order valence-electron chi connectivity index (χ0n) is 12.9. The van der Waals surface area contributed by atoms with Gasteiger partial charge >= 0.3 is 5.51 Å². The van der Waals surface area contributed by atoms with Gasteiger partial charge in [0.1, 0.15) is 9.52 Å². The molecule has 2 aromatic rings. The fourth-order valence-electron chi connectivity index (χ4n) is 3.58. The van der Waals surface area contributed by atoms with Crippen molar-refractivity contribution in [3.63, 3.8) is 0 Å². The summed E-state index contributed by atoms with van der Waals surface area (Å²) in [6, 6.07) is 5.37. The third-order valence-corrected chi connectivity index (χ3v) is 6.83. The Morgan fingerprint density at radius 1 is 1.42 bits per heavy atom. The zero-order chi connectivity index (χ0) is 17.1. The van der Waals surface area contributed by atoms with Crippen LogP contribution in [0.15, 0.2) is 23.1 Å². The van der Waals surface area contributed by atoms with E-state index in [-0.39, 0.29) is 22.2 Å². The van der Waals surface area contributed by atoms with Gasteiger partial charge in [-0.3, -0.25) is 0 Å². The van der Waals surface area contributed by atoms with Gasteiger partial charge in [-0.2, -0.15) is 18.3 Å². The number of nitrogens with one attached hydrogen (secondary N) is 1. The van der Waals surface area contributed by atoms with Gasteiger partial charge in [0.15, 0.2) is 0 Å². The maximum atomic E-state index is 12.8. The molecular weight excluding hydrogens is 452 g/mol. The zero-order valence-corrected chi connectivity index (χ0v) is 15.9. The summed E-state index contributed by atoms with van der Waals surface area (Å²) in [7, 11) is 2.12. The molecule has 0 unspecified atom stereocenters. The second-order valence-corrected chi connectivity index (χ2v) is 8.67. The van der Waals surface area contributed by atoms with Crippen molar-refractivity contribution in [1.82, 2.24) is 14.5 Å². The molecule has 2 aliphatic rings. The number of halogens is 4. The summed E-state index contributed by atoms with van der Waals surface area (Å²) in [5.74, 6) is 1.37. The lowest BCUT2D eigenvalue weighted by molar-refractivity contribution is -0.0328. The predicted octanol–water partition coefficient (Wildman–Crippen LogP) is 4.06. The van der Waals surface area contributed by atoms with E-state index in [2.05, 4.69) is 22.4 Å². The molecule has 2 fully saturated rings. The van der Waals surface area contributed by atoms with Crippen molar-refractivity contribution < 1.29 is 13.2 Å². The Kier molecular flexibility index (Phi) is 3.96. The van der Waals surface area contributed by atoms with E-state index in [9.17, 15) is 13.2 Å². The molecule has 4 rings (SSSR count). The van der Waals surface area contributed by atoms with Crippen LogP contribution in [0.3, 0.4) is 0 Å². The monoisotopic (exact) mass is 468 g/mol. The Hall–Kier alpha value is -0.680. The highest BCUT2D eigenvalue weighted by Crippen LogP contribution is 2.51. The van der Waals surface area contributed by atoms with E-state index in [1.165, 1.54) is 0 Å². The van der Waals surface area contributed by atoms with Crippen LogP contribution in [0.25, 0.3) is 5.52 Å². The summed E-state index contributed by atoms with van der Waals surface area (Å²) >= 11 is 1.77. The van der Waals surface area contributed by atoms with Crippen LogP contribution in [0.2, 0.25) is 0 Å². The third kappa shape index (κ3) is 2.98. The summed E-state index contributed by atoms with van der Waals surface area (Å²) in [6.07, 6.45) is 2.16. The topological polar surface area (TPSA) is 32.6 Å². The standard InChI is InChI=1S/C15H16F3IN4S/c1-22-6-5-14(7-9(14)8-22)20-11-4-2-3-10-12(24-15(16,17)18)13(19)21-23(10)11/h2-4,9,20H,5-8H2,1H3/t9-,14-/m0/s1. The number of hydrogen-bond acceptors (Lipinski definition) is 4. The molecule has 1 N–H and O–H groups in total. The number of pyridine rings is 1. The van der Waals surface area contributed by atoms with E-state index >= 15 is 0 Å². The van der Waals surface area contributed by atoms with Crippen LogP contribution in [0, 0.1) is 9.62 Å². The molecule has 24 heavy (non-hydrogen) atoms. The second-order valence-electron chi connectivity index (χ2n) is 6.57. The Morgan fingerprint density at radius 3 is 2.92 bits per heavy atom. The van der Waals surface area contributed by atoms with Crippen molar-refractivity contribution in [1.29, 1.82) is 0 Å². The highest BCUT2D eigenvalue weighted by molar-refractivity contribution is 14.1. The first-order chi connectivity index (χ1) is 11.3. The molecule has 2 aromatic heterocycles. The highest BCUT2D eigenvalue weighted by atomic mass is 127. The van der Waals surface area contributed by atoms with Crippen LogP contribution >= 0.6 is 34.4 Å². The van der Waals surface area contributed by atoms with Crippen molar-refractivity contribution in [2.24, 2.45) is 5.92 Å². The van der Waals surface area contributed by atoms with Gasteiger partial charge in [-0.15, -0.1) is 0 Å². The molecule has 4 nitrogen and oxygen atoms in total. The van der Waals surface area contributed by atoms with E-state index in [4.69, 9.17) is 0 Å². The Balaban J connectivity index is 1.67. The Labute approximate surface area is 155 Å². The SMILES string of the molecule is CN1CC[C@]2(Nc3cccc4c(SC(F)(F)F)c(I)nn34)C[C@H]2C1. The number of anilines is 1. The van der Waals surface area contributed by atoms with Crippen LogP contribution < -0.4 is 5.32 Å². The normalized spacial score (nSPS) is 27.3. The first-order valence-corrected chi connectivity index (χ1v) is 9.57. The first kappa shape index (κ1) is 16.8. The van der Waals surface area contributed by atoms with Crippen molar-refractivity contribution >= 4 is 45.7 Å². The fraction of sp³-hybridized carbons (Fsp3) is 0.533. The maximum Gasteiger partial charge on any atom is 0.446 e. The molecule has 0 radical (unpaired) electrons. The van der Waals surface area contributed by atoms with Gasteiger partial charge in [0.05, 0.1) is 10.4 Å². The summed E-state index contributed by atoms with van der Waals surface area (Å²) in [5, 5.41) is 7.92. The number of fused-ring (bicyclic) bond motifs is 2. The molecule has 1 saturated heterocycles. The molecule has 2 atom stereocenters. The van der Waals surface area contributed by atoms with Crippen molar-refractivity contribution in [2.75, 3.05) is 25.5 Å². The lowest BCUT2D eigenvalue weighted by atomic mass is 10.1. The number of aromatic nitrogens is 2. The quantitative estimate of drug-likeness (QED) is 0.545. The van der Waals surface area contributed by atoms with E-state index in [1.54, 1.807) is 16.6 Å². The average molecular weight is 468 g/mol. The maximum absolute atomic E-state index is 12.8. The molecular formula is C15H16F3IN4S. The number of hydrogen-bond donors (Lipinski definition) is 1. The number of nitrogens with zero attached hydrogens (tertiary/aromatic N) is 3. The van der Waals surface area contributed by atoms with Gasteiger partial charge in [-0.1, -0.05) is 6.07 Å². The van der Waals surface area contributed by atoms with Crippen LogP contribution in [0.4, 0.5) is 19.0 Å². The summed E-state index contributed by atoms with van der Waals surface area (Å²) in [6.45, 7) is 2.10. The predicted molar refractivity (Wildman–Crippen MR) is 96.4 cm³/mol. The highest BCUT2D eigenvalue weighted by Gasteiger charge is 2.56. The summed E-state index contributed by atoms with van der Waals surface area (Å²) in [5.41, 5.74) is -3.75. The number of likely N-dealkylation sites (tertiary alicyclic amines) is 1. The minimum Gasteiger partial charge on any atom is -0.364 e. The number of rotatable bonds is 3. The van der Waals surface area contributed by atoms with Crippen molar-refractivity contribution in [2.45, 2.75) is 28.8 Å². The first-order valence-electron chi connectivity index (χ1n) is 7.67. The lowest BCUT2D eigenvalue weighted by Gasteiger charge is -2.30. The Morgan fingerprint density at radius 2 is 2.21 bits per heavy atom. The summed E-state index contributed by atoms with van der Waals surface area (Å²) in [4.78, 5) is 2.49. The molecule has 3 heterocycles. The van der Waals surface area contributed by atoms with Crippen molar-refractivity contribution in [3.8, 4) is 0 Å². The molecule has 1 aliphatic heterocycles. The van der Waals surface area contributed by atoms with Crippen LogP contribution in [0.1, 0.15) is 12.8 Å². The number of piperidine rings is 1. The molecule has 130 valence electrons. The van der Waals surface area contributed by atoms with Gasteiger partial charge in [-0.05, 0) is 72.3 Å². The van der Waals surface area contributed by atoms with Gasteiger partial charge in [0, 0.05) is 18.6 Å². The number of alkyl halides is 3. The van der Waals surface area contributed by atoms with Gasteiger partial charge < -0.3 is 10.2 Å². The minimum absolute atomic E-state index is 0.0789. The van der Waals surface area contributed by atoms with Crippen molar-refractivity contribution in [3.05, 3.63) is 21.9 Å². The van der Waals surface area contributed by atoms with Gasteiger partial charge in [0.2, 0.25) is 0 Å². The van der Waals surface area contributed by atoms with Gasteiger partial charge in [0.25, 0.3) is 0 Å². The van der Waals surface area contributed by atoms with E-state index in [0.29, 0.717) is 15.1 Å². The largest absolute Gasteiger partial charge is 0.446 e. The molecule has 9 heteroatoms. The van der Waals surface area contributed by atoms with Crippen LogP contribution in [-0.2, 0) is 0 Å². The van der Waals surface area contributed by atoms with E-state index in [1.807, 2.05) is 28.7 Å². The van der Waals surface area contributed by atoms with Crippen LogP contribution in [0.5, 0.6) is 0 Å². The van der Waals surface area contributed by atoms with Gasteiger partial charge in [-0.25, -0.2) is 4.52 Å². The lowest BCUT2D eigenvalue weighted by Crippen LogP contribution is -2.39.